The fraction of sp³-hybridized carbons (Fsp3) is 0.111. The molecule has 0 radical (unpaired) electrons. The molecule has 1 unspecified atom stereocenters. The first-order valence-corrected chi connectivity index (χ1v) is 12.6. The van der Waals surface area contributed by atoms with Crippen molar-refractivity contribution >= 4 is 40.4 Å². The van der Waals surface area contributed by atoms with Gasteiger partial charge in [0.05, 0.1) is 17.6 Å². The zero-order chi connectivity index (χ0) is 25.6. The molecular formula is C27H17N5O5S. The molecule has 10 nitrogen and oxygen atoms in total. The molecule has 2 aliphatic heterocycles. The number of imide groups is 1. The van der Waals surface area contributed by atoms with Gasteiger partial charge in [0.2, 0.25) is 29.7 Å². The second-order valence-corrected chi connectivity index (χ2v) is 9.77. The third-order valence-corrected chi connectivity index (χ3v) is 7.26. The zero-order valence-corrected chi connectivity index (χ0v) is 20.4. The van der Waals surface area contributed by atoms with Gasteiger partial charge in [-0.05, 0) is 54.6 Å². The van der Waals surface area contributed by atoms with E-state index >= 15 is 0 Å². The summed E-state index contributed by atoms with van der Waals surface area (Å²) >= 11 is 1.12. The van der Waals surface area contributed by atoms with E-state index in [1.165, 1.54) is 11.1 Å². The summed E-state index contributed by atoms with van der Waals surface area (Å²) in [6.07, 6.45) is 1.57. The molecule has 186 valence electrons. The van der Waals surface area contributed by atoms with Crippen molar-refractivity contribution in [2.75, 3.05) is 11.7 Å². The maximum absolute atomic E-state index is 13.2. The van der Waals surface area contributed by atoms with Crippen LogP contribution in [0.2, 0.25) is 0 Å². The van der Waals surface area contributed by atoms with Crippen molar-refractivity contribution in [3.63, 3.8) is 0 Å². The number of fused-ring (bicyclic) bond motifs is 2. The smallest absolute Gasteiger partial charge is 0.247 e. The van der Waals surface area contributed by atoms with Gasteiger partial charge in [-0.15, -0.1) is 5.10 Å². The molecule has 1 saturated heterocycles. The van der Waals surface area contributed by atoms with Crippen LogP contribution in [0.5, 0.6) is 11.5 Å². The average Bonchev–Trinajstić information content (AvgIpc) is 3.66. The summed E-state index contributed by atoms with van der Waals surface area (Å²) in [6.45, 7) is 0.176. The monoisotopic (exact) mass is 523 g/mol. The van der Waals surface area contributed by atoms with Crippen molar-refractivity contribution in [1.29, 1.82) is 0 Å². The van der Waals surface area contributed by atoms with Gasteiger partial charge in [-0.2, -0.15) is 5.10 Å². The summed E-state index contributed by atoms with van der Waals surface area (Å²) in [7, 11) is 0. The number of carbonyl (C=O) groups excluding carboxylic acids is 2. The van der Waals surface area contributed by atoms with Crippen molar-refractivity contribution in [3.05, 3.63) is 72.9 Å². The number of anilines is 1. The van der Waals surface area contributed by atoms with E-state index < -0.39 is 5.25 Å². The number of ether oxygens (including phenoxy) is 2. The number of amides is 2. The van der Waals surface area contributed by atoms with Gasteiger partial charge in [-0.3, -0.25) is 9.59 Å². The SMILES string of the molecule is O=C1CC(Sc2nncc(-c3ccc4c(c3)OCO4)n2)C(=O)N1c1ccc(-c2nc3ccccc3o2)cc1. The predicted octanol–water partition coefficient (Wildman–Crippen LogP) is 4.50. The molecule has 0 bridgehead atoms. The maximum Gasteiger partial charge on any atom is 0.247 e. The second kappa shape index (κ2) is 8.96. The molecule has 2 amide bonds. The largest absolute Gasteiger partial charge is 0.454 e. The standard InChI is InChI=1S/C27H17N5O5S/c33-24-12-23(38-27-30-19(13-28-31-27)16-7-10-21-22(11-16)36-14-35-21)26(34)32(24)17-8-5-15(6-9-17)25-29-18-3-1-2-4-20(18)37-25/h1-11,13,23H,12,14H2. The molecule has 0 aliphatic carbocycles. The van der Waals surface area contributed by atoms with E-state index in [9.17, 15) is 9.59 Å². The third-order valence-electron chi connectivity index (χ3n) is 6.23. The minimum Gasteiger partial charge on any atom is -0.454 e. The lowest BCUT2D eigenvalue weighted by atomic mass is 10.1. The summed E-state index contributed by atoms with van der Waals surface area (Å²) in [6, 6.07) is 20.0. The van der Waals surface area contributed by atoms with Crippen LogP contribution in [0.4, 0.5) is 5.69 Å². The molecule has 7 rings (SSSR count). The van der Waals surface area contributed by atoms with Crippen molar-refractivity contribution in [3.8, 4) is 34.2 Å². The Morgan fingerprint density at radius 1 is 0.895 bits per heavy atom. The van der Waals surface area contributed by atoms with Crippen LogP contribution in [0.25, 0.3) is 33.8 Å². The maximum atomic E-state index is 13.2. The highest BCUT2D eigenvalue weighted by Crippen LogP contribution is 2.37. The number of carbonyl (C=O) groups is 2. The van der Waals surface area contributed by atoms with Gasteiger partial charge in [0.25, 0.3) is 0 Å². The topological polar surface area (TPSA) is 121 Å². The summed E-state index contributed by atoms with van der Waals surface area (Å²) in [5.41, 5.74) is 4.03. The zero-order valence-electron chi connectivity index (χ0n) is 19.6. The highest BCUT2D eigenvalue weighted by molar-refractivity contribution is 8.00. The number of thioether (sulfide) groups is 1. The van der Waals surface area contributed by atoms with Crippen molar-refractivity contribution in [1.82, 2.24) is 20.2 Å². The number of hydrogen-bond donors (Lipinski definition) is 0. The average molecular weight is 524 g/mol. The van der Waals surface area contributed by atoms with Gasteiger partial charge >= 0.3 is 0 Å². The number of hydrogen-bond acceptors (Lipinski definition) is 10. The molecule has 0 saturated carbocycles. The summed E-state index contributed by atoms with van der Waals surface area (Å²) in [4.78, 5) is 36.3. The van der Waals surface area contributed by atoms with Crippen molar-refractivity contribution < 1.29 is 23.5 Å². The highest BCUT2D eigenvalue weighted by atomic mass is 32.2. The van der Waals surface area contributed by atoms with Crippen molar-refractivity contribution in [2.45, 2.75) is 16.8 Å². The van der Waals surface area contributed by atoms with Gasteiger partial charge < -0.3 is 13.9 Å². The minimum atomic E-state index is -0.659. The molecule has 0 N–H and O–H groups in total. The number of nitrogens with zero attached hydrogens (tertiary/aromatic N) is 5. The quantitative estimate of drug-likeness (QED) is 0.305. The first-order chi connectivity index (χ1) is 18.6. The molecule has 11 heteroatoms. The third kappa shape index (κ3) is 3.93. The first-order valence-electron chi connectivity index (χ1n) is 11.7. The Morgan fingerprint density at radius 3 is 2.58 bits per heavy atom. The van der Waals surface area contributed by atoms with E-state index in [0.717, 1.165) is 28.4 Å². The van der Waals surface area contributed by atoms with Gasteiger partial charge in [-0.25, -0.2) is 14.9 Å². The minimum absolute atomic E-state index is 0.0357. The molecule has 2 aliphatic rings. The second-order valence-electron chi connectivity index (χ2n) is 8.60. The van der Waals surface area contributed by atoms with E-state index in [2.05, 4.69) is 20.2 Å². The van der Waals surface area contributed by atoms with Crippen LogP contribution in [0.15, 0.2) is 82.5 Å². The Kier molecular flexibility index (Phi) is 5.29. The van der Waals surface area contributed by atoms with E-state index in [1.807, 2.05) is 36.4 Å². The Hall–Kier alpha value is -4.77. The van der Waals surface area contributed by atoms with Crippen LogP contribution in [-0.4, -0.2) is 44.0 Å². The Bertz CT molecular complexity index is 1690. The highest BCUT2D eigenvalue weighted by Gasteiger charge is 2.40. The number of oxazole rings is 1. The van der Waals surface area contributed by atoms with Crippen LogP contribution in [0, 0.1) is 0 Å². The lowest BCUT2D eigenvalue weighted by molar-refractivity contribution is -0.121. The molecule has 1 fully saturated rings. The van der Waals surface area contributed by atoms with Gasteiger partial charge in [0, 0.05) is 17.5 Å². The lowest BCUT2D eigenvalue weighted by Gasteiger charge is -2.15. The lowest BCUT2D eigenvalue weighted by Crippen LogP contribution is -2.31. The molecule has 5 aromatic rings. The molecule has 3 aromatic carbocycles. The number of aromatic nitrogens is 4. The van der Waals surface area contributed by atoms with Crippen LogP contribution in [0.3, 0.4) is 0 Å². The fourth-order valence-electron chi connectivity index (χ4n) is 4.38. The Morgan fingerprint density at radius 2 is 1.71 bits per heavy atom. The fourth-order valence-corrected chi connectivity index (χ4v) is 5.31. The summed E-state index contributed by atoms with van der Waals surface area (Å²) < 4.78 is 16.6. The van der Waals surface area contributed by atoms with E-state index in [0.29, 0.717) is 39.5 Å². The first kappa shape index (κ1) is 22.4. The van der Waals surface area contributed by atoms with E-state index in [4.69, 9.17) is 13.9 Å². The Balaban J connectivity index is 1.09. The number of para-hydroxylation sites is 2. The number of rotatable bonds is 5. The van der Waals surface area contributed by atoms with E-state index in [1.54, 1.807) is 30.3 Å². The van der Waals surface area contributed by atoms with Gasteiger partial charge in [0.1, 0.15) is 10.8 Å². The molecule has 1 atom stereocenters. The molecule has 0 spiro atoms. The van der Waals surface area contributed by atoms with Crippen molar-refractivity contribution in [2.24, 2.45) is 0 Å². The normalized spacial score (nSPS) is 16.5. The van der Waals surface area contributed by atoms with Crippen LogP contribution in [0.1, 0.15) is 6.42 Å². The van der Waals surface area contributed by atoms with Gasteiger partial charge in [0.15, 0.2) is 17.1 Å². The van der Waals surface area contributed by atoms with Gasteiger partial charge in [-0.1, -0.05) is 23.9 Å². The summed E-state index contributed by atoms with van der Waals surface area (Å²) in [5.74, 6) is 1.15. The summed E-state index contributed by atoms with van der Waals surface area (Å²) in [5, 5.41) is 7.76. The van der Waals surface area contributed by atoms with Crippen LogP contribution in [-0.2, 0) is 9.59 Å². The Labute approximate surface area is 219 Å². The molecule has 4 heterocycles. The van der Waals surface area contributed by atoms with E-state index in [-0.39, 0.29) is 25.0 Å². The molecule has 2 aromatic heterocycles. The van der Waals surface area contributed by atoms with Crippen LogP contribution >= 0.6 is 11.8 Å². The molecule has 38 heavy (non-hydrogen) atoms. The van der Waals surface area contributed by atoms with Crippen LogP contribution < -0.4 is 14.4 Å². The predicted molar refractivity (Wildman–Crippen MR) is 138 cm³/mol. The number of benzene rings is 3. The molecular weight excluding hydrogens is 506 g/mol.